The summed E-state index contributed by atoms with van der Waals surface area (Å²) in [6.07, 6.45) is 7.02. The minimum Gasteiger partial charge on any atom is -0.480 e. The highest BCUT2D eigenvalue weighted by Gasteiger charge is 2.17. The summed E-state index contributed by atoms with van der Waals surface area (Å²) in [6.45, 7) is 5.75. The highest BCUT2D eigenvalue weighted by atomic mass is 16.5. The summed E-state index contributed by atoms with van der Waals surface area (Å²) in [5.41, 5.74) is 7.09. The van der Waals surface area contributed by atoms with Crippen LogP contribution in [0.25, 0.3) is 0 Å². The Kier molecular flexibility index (Phi) is 4.47. The van der Waals surface area contributed by atoms with Gasteiger partial charge in [-0.15, -0.1) is 6.42 Å². The molecule has 0 aliphatic rings. The normalized spacial score (nSPS) is 10.4. The van der Waals surface area contributed by atoms with Gasteiger partial charge in [0.1, 0.15) is 5.82 Å². The molecule has 0 atom stereocenters. The number of anilines is 1. The number of aryl methyl sites for hydroxylation is 1. The molecular formula is C16H18N4O2. The van der Waals surface area contributed by atoms with Gasteiger partial charge in [-0.25, -0.2) is 15.0 Å². The molecule has 6 nitrogen and oxygen atoms in total. The van der Waals surface area contributed by atoms with Gasteiger partial charge in [-0.2, -0.15) is 0 Å². The molecule has 6 heteroatoms. The molecule has 2 heterocycles. The molecule has 0 radical (unpaired) electrons. The van der Waals surface area contributed by atoms with Crippen LogP contribution in [-0.4, -0.2) is 22.1 Å². The van der Waals surface area contributed by atoms with Crippen LogP contribution in [0.1, 0.15) is 36.8 Å². The van der Waals surface area contributed by atoms with E-state index < -0.39 is 0 Å². The van der Waals surface area contributed by atoms with Crippen molar-refractivity contribution in [3.05, 3.63) is 29.3 Å². The van der Waals surface area contributed by atoms with Crippen LogP contribution in [0.3, 0.4) is 0 Å². The standard InChI is InChI=1S/C16H18N4O2/c1-6-11-7-12(14(9(2)3)20-16(11)21-5)22-13-8-18-10(4)19-15(13)17/h1,7-9H,2-5H3,(H2,17,18,19). The van der Waals surface area contributed by atoms with E-state index in [9.17, 15) is 0 Å². The molecule has 0 saturated carbocycles. The average Bonchev–Trinajstić information content (AvgIpc) is 2.49. The highest BCUT2D eigenvalue weighted by molar-refractivity contribution is 5.52. The molecule has 0 bridgehead atoms. The second-order valence-corrected chi connectivity index (χ2v) is 5.00. The van der Waals surface area contributed by atoms with Gasteiger partial charge < -0.3 is 15.2 Å². The van der Waals surface area contributed by atoms with Gasteiger partial charge >= 0.3 is 0 Å². The summed E-state index contributed by atoms with van der Waals surface area (Å²) < 4.78 is 11.0. The van der Waals surface area contributed by atoms with Crippen molar-refractivity contribution in [2.45, 2.75) is 26.7 Å². The SMILES string of the molecule is C#Cc1cc(Oc2cnc(C)nc2N)c(C(C)C)nc1OC. The van der Waals surface area contributed by atoms with Crippen LogP contribution in [0.15, 0.2) is 12.3 Å². The number of pyridine rings is 1. The van der Waals surface area contributed by atoms with E-state index in [4.69, 9.17) is 21.6 Å². The van der Waals surface area contributed by atoms with Crippen LogP contribution in [0.5, 0.6) is 17.4 Å². The Morgan fingerprint density at radius 2 is 2.00 bits per heavy atom. The minimum absolute atomic E-state index is 0.114. The van der Waals surface area contributed by atoms with Gasteiger partial charge in [-0.3, -0.25) is 0 Å². The molecule has 2 rings (SSSR count). The molecular weight excluding hydrogens is 280 g/mol. The topological polar surface area (TPSA) is 83.2 Å². The van der Waals surface area contributed by atoms with Crippen LogP contribution in [-0.2, 0) is 0 Å². The van der Waals surface area contributed by atoms with Crippen LogP contribution in [0.2, 0.25) is 0 Å². The molecule has 0 spiro atoms. The minimum atomic E-state index is 0.114. The molecule has 2 aromatic heterocycles. The molecule has 22 heavy (non-hydrogen) atoms. The molecule has 0 saturated heterocycles. The largest absolute Gasteiger partial charge is 0.480 e. The number of hydrogen-bond donors (Lipinski definition) is 1. The molecule has 0 amide bonds. The lowest BCUT2D eigenvalue weighted by Gasteiger charge is -2.15. The van der Waals surface area contributed by atoms with E-state index in [-0.39, 0.29) is 11.7 Å². The Balaban J connectivity index is 2.51. The van der Waals surface area contributed by atoms with Crippen LogP contribution < -0.4 is 15.2 Å². The van der Waals surface area contributed by atoms with Crippen molar-refractivity contribution in [3.63, 3.8) is 0 Å². The van der Waals surface area contributed by atoms with Crippen molar-refractivity contribution in [2.75, 3.05) is 12.8 Å². The highest BCUT2D eigenvalue weighted by Crippen LogP contribution is 2.34. The number of methoxy groups -OCH3 is 1. The van der Waals surface area contributed by atoms with E-state index in [0.29, 0.717) is 28.8 Å². The van der Waals surface area contributed by atoms with Gasteiger partial charge in [0.15, 0.2) is 17.3 Å². The van der Waals surface area contributed by atoms with E-state index in [1.807, 2.05) is 13.8 Å². The van der Waals surface area contributed by atoms with Crippen molar-refractivity contribution in [1.29, 1.82) is 0 Å². The predicted octanol–water partition coefficient (Wildman–Crippen LogP) is 2.67. The Morgan fingerprint density at radius 3 is 2.55 bits per heavy atom. The van der Waals surface area contributed by atoms with Gasteiger partial charge in [0.05, 0.1) is 24.6 Å². The summed E-state index contributed by atoms with van der Waals surface area (Å²) in [5.74, 6) is 4.76. The van der Waals surface area contributed by atoms with E-state index in [2.05, 4.69) is 20.9 Å². The second kappa shape index (κ2) is 6.31. The number of ether oxygens (including phenoxy) is 2. The first kappa shape index (κ1) is 15.6. The predicted molar refractivity (Wildman–Crippen MR) is 84.1 cm³/mol. The van der Waals surface area contributed by atoms with Crippen LogP contribution in [0.4, 0.5) is 5.82 Å². The number of terminal acetylenes is 1. The van der Waals surface area contributed by atoms with Gasteiger partial charge in [0.2, 0.25) is 5.88 Å². The molecule has 114 valence electrons. The Labute approximate surface area is 129 Å². The third-order valence-electron chi connectivity index (χ3n) is 3.00. The zero-order valence-electron chi connectivity index (χ0n) is 13.0. The third kappa shape index (κ3) is 3.09. The van der Waals surface area contributed by atoms with Crippen LogP contribution in [0, 0.1) is 19.3 Å². The Morgan fingerprint density at radius 1 is 1.27 bits per heavy atom. The summed E-state index contributed by atoms with van der Waals surface area (Å²) in [5, 5.41) is 0. The molecule has 0 aliphatic heterocycles. The molecule has 0 aromatic carbocycles. The third-order valence-corrected chi connectivity index (χ3v) is 3.00. The van der Waals surface area contributed by atoms with Crippen molar-refractivity contribution in [1.82, 2.24) is 15.0 Å². The van der Waals surface area contributed by atoms with Gasteiger partial charge in [-0.05, 0) is 12.8 Å². The fourth-order valence-electron chi connectivity index (χ4n) is 1.92. The molecule has 0 unspecified atom stereocenters. The number of nitrogens with two attached hydrogens (primary N) is 1. The Bertz CT molecular complexity index is 736. The van der Waals surface area contributed by atoms with Crippen molar-refractivity contribution >= 4 is 5.82 Å². The van der Waals surface area contributed by atoms with Gasteiger partial charge in [0.25, 0.3) is 0 Å². The second-order valence-electron chi connectivity index (χ2n) is 5.00. The number of hydrogen-bond acceptors (Lipinski definition) is 6. The lowest BCUT2D eigenvalue weighted by molar-refractivity contribution is 0.389. The summed E-state index contributed by atoms with van der Waals surface area (Å²) in [7, 11) is 1.53. The number of nitrogen functional groups attached to an aromatic ring is 1. The first-order valence-electron chi connectivity index (χ1n) is 6.78. The van der Waals surface area contributed by atoms with Crippen molar-refractivity contribution < 1.29 is 9.47 Å². The molecule has 2 aromatic rings. The lowest BCUT2D eigenvalue weighted by atomic mass is 10.1. The molecule has 0 fully saturated rings. The van der Waals surface area contributed by atoms with Crippen LogP contribution >= 0.6 is 0 Å². The molecule has 0 aliphatic carbocycles. The lowest BCUT2D eigenvalue weighted by Crippen LogP contribution is -2.04. The summed E-state index contributed by atoms with van der Waals surface area (Å²) in [4.78, 5) is 12.6. The van der Waals surface area contributed by atoms with E-state index in [1.165, 1.54) is 13.3 Å². The monoisotopic (exact) mass is 298 g/mol. The van der Waals surface area contributed by atoms with Gasteiger partial charge in [-0.1, -0.05) is 19.8 Å². The first-order valence-corrected chi connectivity index (χ1v) is 6.78. The number of rotatable bonds is 4. The van der Waals surface area contributed by atoms with Crippen molar-refractivity contribution in [2.24, 2.45) is 0 Å². The number of aromatic nitrogens is 3. The van der Waals surface area contributed by atoms with E-state index in [1.54, 1.807) is 13.0 Å². The van der Waals surface area contributed by atoms with E-state index in [0.717, 1.165) is 5.69 Å². The first-order chi connectivity index (χ1) is 10.5. The van der Waals surface area contributed by atoms with Gasteiger partial charge in [0, 0.05) is 6.07 Å². The fourth-order valence-corrected chi connectivity index (χ4v) is 1.92. The van der Waals surface area contributed by atoms with Crippen molar-refractivity contribution in [3.8, 4) is 29.7 Å². The smallest absolute Gasteiger partial charge is 0.229 e. The maximum absolute atomic E-state index is 5.86. The quantitative estimate of drug-likeness (QED) is 0.874. The van der Waals surface area contributed by atoms with E-state index >= 15 is 0 Å². The fraction of sp³-hybridized carbons (Fsp3) is 0.312. The number of nitrogens with zero attached hydrogens (tertiary/aromatic N) is 3. The summed E-state index contributed by atoms with van der Waals surface area (Å²) in [6, 6.07) is 1.71. The summed E-state index contributed by atoms with van der Waals surface area (Å²) >= 11 is 0. The average molecular weight is 298 g/mol. The maximum atomic E-state index is 5.86. The zero-order valence-corrected chi connectivity index (χ0v) is 13.0. The maximum Gasteiger partial charge on any atom is 0.229 e. The Hall–Kier alpha value is -2.81. The zero-order chi connectivity index (χ0) is 16.3. The molecule has 2 N–H and O–H groups in total.